The SMILES string of the molecule is CSC1CC2CCC(C1)N2S(=O)(=O)c1ccc(Oc2ccccc2)cc1. The maximum Gasteiger partial charge on any atom is 0.243 e. The van der Waals surface area contributed by atoms with Crippen molar-refractivity contribution in [2.75, 3.05) is 6.26 Å². The highest BCUT2D eigenvalue weighted by Crippen LogP contribution is 2.42. The third-order valence-corrected chi connectivity index (χ3v) is 8.41. The highest BCUT2D eigenvalue weighted by Gasteiger charge is 2.46. The molecular formula is C20H23NO3S2. The van der Waals surface area contributed by atoms with E-state index in [1.165, 1.54) is 0 Å². The van der Waals surface area contributed by atoms with Gasteiger partial charge in [-0.2, -0.15) is 16.1 Å². The molecule has 0 radical (unpaired) electrons. The van der Waals surface area contributed by atoms with Gasteiger partial charge in [0.2, 0.25) is 10.0 Å². The summed E-state index contributed by atoms with van der Waals surface area (Å²) in [4.78, 5) is 0.359. The molecule has 2 saturated heterocycles. The number of ether oxygens (including phenoxy) is 1. The monoisotopic (exact) mass is 389 g/mol. The molecule has 0 aromatic heterocycles. The molecule has 2 aliphatic heterocycles. The second-order valence-corrected chi connectivity index (χ2v) is 9.92. The first-order chi connectivity index (χ1) is 12.6. The van der Waals surface area contributed by atoms with Gasteiger partial charge < -0.3 is 4.74 Å². The van der Waals surface area contributed by atoms with E-state index in [-0.39, 0.29) is 12.1 Å². The van der Waals surface area contributed by atoms with Gasteiger partial charge in [-0.25, -0.2) is 8.42 Å². The molecule has 2 bridgehead atoms. The van der Waals surface area contributed by atoms with Gasteiger partial charge in [-0.05, 0) is 68.3 Å². The topological polar surface area (TPSA) is 46.6 Å². The minimum atomic E-state index is -3.45. The van der Waals surface area contributed by atoms with Crippen molar-refractivity contribution in [2.24, 2.45) is 0 Å². The van der Waals surface area contributed by atoms with Crippen LogP contribution in [-0.2, 0) is 10.0 Å². The molecule has 26 heavy (non-hydrogen) atoms. The van der Waals surface area contributed by atoms with E-state index in [2.05, 4.69) is 6.26 Å². The summed E-state index contributed by atoms with van der Waals surface area (Å²) in [7, 11) is -3.45. The molecule has 0 saturated carbocycles. The van der Waals surface area contributed by atoms with Crippen LogP contribution in [0.15, 0.2) is 59.5 Å². The predicted molar refractivity (Wildman–Crippen MR) is 105 cm³/mol. The summed E-state index contributed by atoms with van der Waals surface area (Å²) in [6, 6.07) is 16.6. The van der Waals surface area contributed by atoms with Crippen molar-refractivity contribution in [3.8, 4) is 11.5 Å². The number of benzene rings is 2. The van der Waals surface area contributed by atoms with Gasteiger partial charge in [0, 0.05) is 17.3 Å². The molecule has 0 amide bonds. The molecule has 0 aliphatic carbocycles. The molecule has 2 aromatic carbocycles. The summed E-state index contributed by atoms with van der Waals surface area (Å²) in [5, 5.41) is 0.584. The van der Waals surface area contributed by atoms with E-state index >= 15 is 0 Å². The number of nitrogens with zero attached hydrogens (tertiary/aromatic N) is 1. The fraction of sp³-hybridized carbons (Fsp3) is 0.400. The Morgan fingerprint density at radius 3 is 2.08 bits per heavy atom. The van der Waals surface area contributed by atoms with Crippen LogP contribution in [0.3, 0.4) is 0 Å². The van der Waals surface area contributed by atoms with Gasteiger partial charge in [0.25, 0.3) is 0 Å². The van der Waals surface area contributed by atoms with Crippen molar-refractivity contribution in [1.29, 1.82) is 0 Å². The van der Waals surface area contributed by atoms with Crippen LogP contribution < -0.4 is 4.74 Å². The van der Waals surface area contributed by atoms with Crippen molar-refractivity contribution in [3.63, 3.8) is 0 Å². The molecule has 2 heterocycles. The lowest BCUT2D eigenvalue weighted by Crippen LogP contribution is -2.47. The number of piperidine rings is 1. The Kier molecular flexibility index (Phi) is 4.99. The van der Waals surface area contributed by atoms with Gasteiger partial charge in [0.05, 0.1) is 4.90 Å². The largest absolute Gasteiger partial charge is 0.457 e. The van der Waals surface area contributed by atoms with Crippen molar-refractivity contribution in [1.82, 2.24) is 4.31 Å². The molecule has 4 nitrogen and oxygen atoms in total. The predicted octanol–water partition coefficient (Wildman–Crippen LogP) is 4.53. The van der Waals surface area contributed by atoms with Crippen molar-refractivity contribution < 1.29 is 13.2 Å². The van der Waals surface area contributed by atoms with E-state index in [9.17, 15) is 8.42 Å². The zero-order valence-electron chi connectivity index (χ0n) is 14.7. The van der Waals surface area contributed by atoms with Crippen molar-refractivity contribution in [2.45, 2.75) is 47.9 Å². The lowest BCUT2D eigenvalue weighted by atomic mass is 10.1. The third kappa shape index (κ3) is 3.38. The minimum Gasteiger partial charge on any atom is -0.457 e. The van der Waals surface area contributed by atoms with Crippen LogP contribution in [0, 0.1) is 0 Å². The van der Waals surface area contributed by atoms with Gasteiger partial charge in [-0.1, -0.05) is 18.2 Å². The quantitative estimate of drug-likeness (QED) is 0.754. The summed E-state index contributed by atoms with van der Waals surface area (Å²) in [6.07, 6.45) is 6.02. The second-order valence-electron chi connectivity index (χ2n) is 6.94. The standard InChI is InChI=1S/C20H23NO3S2/c1-25-19-13-15-7-8-16(14-19)21(15)26(22,23)20-11-9-18(10-12-20)24-17-5-3-2-4-6-17/h2-6,9-12,15-16,19H,7-8,13-14H2,1H3. The highest BCUT2D eigenvalue weighted by molar-refractivity contribution is 7.99. The highest BCUT2D eigenvalue weighted by atomic mass is 32.2. The molecule has 4 rings (SSSR count). The van der Waals surface area contributed by atoms with E-state index in [4.69, 9.17) is 4.74 Å². The van der Waals surface area contributed by atoms with Gasteiger partial charge in [0.15, 0.2) is 0 Å². The first-order valence-corrected chi connectivity index (χ1v) is 11.7. The molecule has 2 fully saturated rings. The molecule has 0 N–H and O–H groups in total. The first-order valence-electron chi connectivity index (χ1n) is 8.97. The van der Waals surface area contributed by atoms with Crippen molar-refractivity contribution >= 4 is 21.8 Å². The van der Waals surface area contributed by atoms with E-state index < -0.39 is 10.0 Å². The molecule has 0 spiro atoms. The summed E-state index contributed by atoms with van der Waals surface area (Å²) in [6.45, 7) is 0. The molecular weight excluding hydrogens is 366 g/mol. The molecule has 138 valence electrons. The van der Waals surface area contributed by atoms with Crippen LogP contribution >= 0.6 is 11.8 Å². The van der Waals surface area contributed by atoms with Gasteiger partial charge in [-0.3, -0.25) is 0 Å². The molecule has 6 heteroatoms. The van der Waals surface area contributed by atoms with Crippen molar-refractivity contribution in [3.05, 3.63) is 54.6 Å². The minimum absolute atomic E-state index is 0.149. The Bertz CT molecular complexity index is 838. The number of fused-ring (bicyclic) bond motifs is 2. The second kappa shape index (κ2) is 7.25. The van der Waals surface area contributed by atoms with Gasteiger partial charge in [-0.15, -0.1) is 0 Å². The number of rotatable bonds is 5. The summed E-state index contributed by atoms with van der Waals surface area (Å²) < 4.78 is 33.9. The molecule has 2 unspecified atom stereocenters. The maximum atomic E-state index is 13.2. The molecule has 2 aromatic rings. The Morgan fingerprint density at radius 1 is 0.923 bits per heavy atom. The first kappa shape index (κ1) is 17.9. The summed E-state index contributed by atoms with van der Waals surface area (Å²) in [5.41, 5.74) is 0. The van der Waals surface area contributed by atoms with Crippen LogP contribution in [-0.4, -0.2) is 36.3 Å². The smallest absolute Gasteiger partial charge is 0.243 e. The number of thioether (sulfide) groups is 1. The third-order valence-electron chi connectivity index (χ3n) is 5.33. The fourth-order valence-corrected chi connectivity index (χ4v) is 6.82. The summed E-state index contributed by atoms with van der Waals surface area (Å²) in [5.74, 6) is 1.37. The Morgan fingerprint density at radius 2 is 1.50 bits per heavy atom. The summed E-state index contributed by atoms with van der Waals surface area (Å²) >= 11 is 1.87. The van der Waals surface area contributed by atoms with Crippen LogP contribution in [0.5, 0.6) is 11.5 Å². The number of sulfonamides is 1. The van der Waals surface area contributed by atoms with E-state index in [0.717, 1.165) is 31.4 Å². The average molecular weight is 390 g/mol. The Labute approximate surface area is 159 Å². The zero-order chi connectivity index (χ0) is 18.1. The van der Waals surface area contributed by atoms with Gasteiger partial charge >= 0.3 is 0 Å². The van der Waals surface area contributed by atoms with E-state index in [1.807, 2.05) is 42.1 Å². The lowest BCUT2D eigenvalue weighted by Gasteiger charge is -2.37. The maximum absolute atomic E-state index is 13.2. The molecule has 2 atom stereocenters. The van der Waals surface area contributed by atoms with Gasteiger partial charge in [0.1, 0.15) is 11.5 Å². The van der Waals surface area contributed by atoms with Crippen LogP contribution in [0.2, 0.25) is 0 Å². The average Bonchev–Trinajstić information content (AvgIpc) is 2.94. The number of hydrogen-bond acceptors (Lipinski definition) is 4. The Hall–Kier alpha value is -1.50. The number of para-hydroxylation sites is 1. The van der Waals surface area contributed by atoms with Crippen LogP contribution in [0.25, 0.3) is 0 Å². The lowest BCUT2D eigenvalue weighted by molar-refractivity contribution is 0.253. The van der Waals surface area contributed by atoms with Crippen LogP contribution in [0.4, 0.5) is 0 Å². The Balaban J connectivity index is 1.53. The van der Waals surface area contributed by atoms with E-state index in [1.54, 1.807) is 28.6 Å². The zero-order valence-corrected chi connectivity index (χ0v) is 16.4. The fourth-order valence-electron chi connectivity index (χ4n) is 4.09. The van der Waals surface area contributed by atoms with E-state index in [0.29, 0.717) is 15.9 Å². The number of hydrogen-bond donors (Lipinski definition) is 0. The normalized spacial score (nSPS) is 26.0. The van der Waals surface area contributed by atoms with Crippen LogP contribution in [0.1, 0.15) is 25.7 Å². The molecule has 2 aliphatic rings.